The zero-order valence-electron chi connectivity index (χ0n) is 10.7. The van der Waals surface area contributed by atoms with Crippen LogP contribution in [0.25, 0.3) is 0 Å². The number of hydrogen-bond donors (Lipinski definition) is 1. The highest BCUT2D eigenvalue weighted by atomic mass is 32.2. The molecule has 1 heterocycles. The summed E-state index contributed by atoms with van der Waals surface area (Å²) in [6, 6.07) is 7.22. The second-order valence-corrected chi connectivity index (χ2v) is 5.39. The van der Waals surface area contributed by atoms with Gasteiger partial charge in [-0.15, -0.1) is 11.8 Å². The van der Waals surface area contributed by atoms with Crippen LogP contribution in [-0.4, -0.2) is 26.0 Å². The van der Waals surface area contributed by atoms with Gasteiger partial charge in [0.15, 0.2) is 0 Å². The van der Waals surface area contributed by atoms with Gasteiger partial charge in [-0.3, -0.25) is 0 Å². The maximum absolute atomic E-state index is 5.42. The lowest BCUT2D eigenvalue weighted by atomic mass is 9.98. The molecule has 0 saturated carbocycles. The van der Waals surface area contributed by atoms with Crippen LogP contribution in [0.15, 0.2) is 23.1 Å². The minimum atomic E-state index is 0.647. The topological polar surface area (TPSA) is 21.3 Å². The summed E-state index contributed by atoms with van der Waals surface area (Å²) in [6.45, 7) is 1.17. The molecule has 0 amide bonds. The van der Waals surface area contributed by atoms with Gasteiger partial charge in [0.1, 0.15) is 5.75 Å². The summed E-state index contributed by atoms with van der Waals surface area (Å²) >= 11 is 1.73. The highest BCUT2D eigenvalue weighted by molar-refractivity contribution is 7.98. The molecule has 1 aromatic carbocycles. The molecule has 2 nitrogen and oxygen atoms in total. The molecule has 0 spiro atoms. The van der Waals surface area contributed by atoms with Gasteiger partial charge in [0.05, 0.1) is 7.11 Å². The summed E-state index contributed by atoms with van der Waals surface area (Å²) in [4.78, 5) is 1.22. The SMILES string of the molecule is COc1cc(CC2CCCCN2)ccc1SC. The first-order chi connectivity index (χ1) is 8.33. The van der Waals surface area contributed by atoms with Crippen LogP contribution in [0.1, 0.15) is 24.8 Å². The summed E-state index contributed by atoms with van der Waals surface area (Å²) in [6.07, 6.45) is 7.18. The lowest BCUT2D eigenvalue weighted by molar-refractivity contribution is 0.393. The maximum atomic E-state index is 5.42. The third-order valence-electron chi connectivity index (χ3n) is 3.34. The van der Waals surface area contributed by atoms with Crippen LogP contribution in [0.3, 0.4) is 0 Å². The summed E-state index contributed by atoms with van der Waals surface area (Å²) in [7, 11) is 1.75. The van der Waals surface area contributed by atoms with Gasteiger partial charge in [0, 0.05) is 10.9 Å². The fourth-order valence-corrected chi connectivity index (χ4v) is 2.94. The van der Waals surface area contributed by atoms with E-state index >= 15 is 0 Å². The van der Waals surface area contributed by atoms with Gasteiger partial charge in [0.2, 0.25) is 0 Å². The number of nitrogens with one attached hydrogen (secondary N) is 1. The molecule has 0 bridgehead atoms. The molecule has 3 heteroatoms. The molecule has 0 radical (unpaired) electrons. The average molecular weight is 251 g/mol. The van der Waals surface area contributed by atoms with Gasteiger partial charge in [-0.2, -0.15) is 0 Å². The van der Waals surface area contributed by atoms with Gasteiger partial charge < -0.3 is 10.1 Å². The predicted octanol–water partition coefficient (Wildman–Crippen LogP) is 3.10. The van der Waals surface area contributed by atoms with E-state index in [1.807, 2.05) is 0 Å². The van der Waals surface area contributed by atoms with Gasteiger partial charge in [-0.25, -0.2) is 0 Å². The molecule has 1 N–H and O–H groups in total. The Kier molecular flexibility index (Phi) is 4.75. The standard InChI is InChI=1S/C14H21NOS/c1-16-13-10-11(6-7-14(13)17-2)9-12-5-3-4-8-15-12/h6-7,10,12,15H,3-5,8-9H2,1-2H3. The van der Waals surface area contributed by atoms with Gasteiger partial charge in [-0.1, -0.05) is 12.5 Å². The van der Waals surface area contributed by atoms with E-state index in [0.29, 0.717) is 6.04 Å². The predicted molar refractivity (Wildman–Crippen MR) is 74.1 cm³/mol. The number of methoxy groups -OCH3 is 1. The maximum Gasteiger partial charge on any atom is 0.132 e. The van der Waals surface area contributed by atoms with Crippen molar-refractivity contribution in [2.75, 3.05) is 19.9 Å². The van der Waals surface area contributed by atoms with Crippen LogP contribution in [0.2, 0.25) is 0 Å². The van der Waals surface area contributed by atoms with Crippen LogP contribution in [-0.2, 0) is 6.42 Å². The molecule has 94 valence electrons. The number of rotatable bonds is 4. The summed E-state index contributed by atoms with van der Waals surface area (Å²) in [5.74, 6) is 1.01. The first kappa shape index (κ1) is 12.8. The fraction of sp³-hybridized carbons (Fsp3) is 0.571. The van der Waals surface area contributed by atoms with Crippen LogP contribution >= 0.6 is 11.8 Å². The molecular weight excluding hydrogens is 230 g/mol. The Morgan fingerprint density at radius 1 is 1.41 bits per heavy atom. The molecule has 1 aliphatic rings. The van der Waals surface area contributed by atoms with Crippen molar-refractivity contribution in [2.24, 2.45) is 0 Å². The van der Waals surface area contributed by atoms with E-state index < -0.39 is 0 Å². The van der Waals surface area contributed by atoms with Crippen molar-refractivity contribution < 1.29 is 4.74 Å². The van der Waals surface area contributed by atoms with Crippen molar-refractivity contribution in [3.63, 3.8) is 0 Å². The van der Waals surface area contributed by atoms with Crippen LogP contribution in [0.5, 0.6) is 5.75 Å². The number of ether oxygens (including phenoxy) is 1. The Balaban J connectivity index is 2.05. The number of benzene rings is 1. The molecule has 0 aromatic heterocycles. The highest BCUT2D eigenvalue weighted by Gasteiger charge is 2.13. The second-order valence-electron chi connectivity index (χ2n) is 4.54. The molecule has 0 aliphatic carbocycles. The summed E-state index contributed by atoms with van der Waals surface area (Å²) < 4.78 is 5.42. The number of thioether (sulfide) groups is 1. The smallest absolute Gasteiger partial charge is 0.132 e. The van der Waals surface area contributed by atoms with E-state index in [9.17, 15) is 0 Å². The second kappa shape index (κ2) is 6.31. The van der Waals surface area contributed by atoms with Crippen molar-refractivity contribution >= 4 is 11.8 Å². The Labute approximate surface area is 108 Å². The van der Waals surface area contributed by atoms with Crippen molar-refractivity contribution in [3.8, 4) is 5.75 Å². The molecule has 1 fully saturated rings. The Morgan fingerprint density at radius 2 is 2.29 bits per heavy atom. The Hall–Kier alpha value is -0.670. The third-order valence-corrected chi connectivity index (χ3v) is 4.12. The monoisotopic (exact) mass is 251 g/mol. The Bertz CT molecular complexity index is 361. The first-order valence-electron chi connectivity index (χ1n) is 6.28. The quantitative estimate of drug-likeness (QED) is 0.831. The molecule has 1 unspecified atom stereocenters. The Morgan fingerprint density at radius 3 is 2.94 bits per heavy atom. The van der Waals surface area contributed by atoms with E-state index in [2.05, 4.69) is 29.8 Å². The highest BCUT2D eigenvalue weighted by Crippen LogP contribution is 2.29. The molecule has 1 aromatic rings. The number of piperidine rings is 1. The van der Waals surface area contributed by atoms with Gasteiger partial charge >= 0.3 is 0 Å². The zero-order chi connectivity index (χ0) is 12.1. The largest absolute Gasteiger partial charge is 0.496 e. The first-order valence-corrected chi connectivity index (χ1v) is 7.50. The lowest BCUT2D eigenvalue weighted by Crippen LogP contribution is -2.35. The van der Waals surface area contributed by atoms with Crippen LogP contribution in [0.4, 0.5) is 0 Å². The van der Waals surface area contributed by atoms with E-state index in [0.717, 1.165) is 12.2 Å². The van der Waals surface area contributed by atoms with Gasteiger partial charge in [-0.05, 0) is 49.8 Å². The van der Waals surface area contributed by atoms with Crippen LogP contribution < -0.4 is 10.1 Å². The van der Waals surface area contributed by atoms with E-state index in [-0.39, 0.29) is 0 Å². The average Bonchev–Trinajstić information content (AvgIpc) is 2.40. The van der Waals surface area contributed by atoms with E-state index in [4.69, 9.17) is 4.74 Å². The molecule has 17 heavy (non-hydrogen) atoms. The van der Waals surface area contributed by atoms with Crippen molar-refractivity contribution in [1.82, 2.24) is 5.32 Å². The van der Waals surface area contributed by atoms with Gasteiger partial charge in [0.25, 0.3) is 0 Å². The molecule has 1 atom stereocenters. The molecule has 1 aliphatic heterocycles. The van der Waals surface area contributed by atoms with Crippen molar-refractivity contribution in [2.45, 2.75) is 36.6 Å². The summed E-state index contributed by atoms with van der Waals surface area (Å²) in [5.41, 5.74) is 1.37. The fourth-order valence-electron chi connectivity index (χ4n) is 2.39. The van der Waals surface area contributed by atoms with Crippen molar-refractivity contribution in [3.05, 3.63) is 23.8 Å². The van der Waals surface area contributed by atoms with Crippen LogP contribution in [0, 0.1) is 0 Å². The molecular formula is C14H21NOS. The van der Waals surface area contributed by atoms with Crippen molar-refractivity contribution in [1.29, 1.82) is 0 Å². The minimum absolute atomic E-state index is 0.647. The minimum Gasteiger partial charge on any atom is -0.496 e. The van der Waals surface area contributed by atoms with E-state index in [1.54, 1.807) is 18.9 Å². The normalized spacial score (nSPS) is 20.2. The number of hydrogen-bond acceptors (Lipinski definition) is 3. The third kappa shape index (κ3) is 3.39. The molecule has 1 saturated heterocycles. The molecule has 2 rings (SSSR count). The summed E-state index contributed by atoms with van der Waals surface area (Å²) in [5, 5.41) is 3.59. The zero-order valence-corrected chi connectivity index (χ0v) is 11.5. The lowest BCUT2D eigenvalue weighted by Gasteiger charge is -2.23. The van der Waals surface area contributed by atoms with E-state index in [1.165, 1.54) is 36.3 Å².